The van der Waals surface area contributed by atoms with Gasteiger partial charge >= 0.3 is 6.03 Å². The van der Waals surface area contributed by atoms with Crippen LogP contribution in [-0.4, -0.2) is 49.0 Å². The van der Waals surface area contributed by atoms with Crippen LogP contribution < -0.4 is 5.32 Å². The van der Waals surface area contributed by atoms with E-state index in [1.807, 2.05) is 32.6 Å². The lowest BCUT2D eigenvalue weighted by molar-refractivity contribution is -0.123. The Bertz CT molecular complexity index is 375. The number of amides is 2. The highest BCUT2D eigenvalue weighted by Crippen LogP contribution is 2.43. The Hall–Kier alpha value is -0.530. The van der Waals surface area contributed by atoms with Crippen molar-refractivity contribution < 1.29 is 10.0 Å². The Balaban J connectivity index is 2.84. The summed E-state index contributed by atoms with van der Waals surface area (Å²) < 4.78 is 0.369. The lowest BCUT2D eigenvalue weighted by Gasteiger charge is -2.38. The molecule has 0 aromatic rings. The molecule has 0 aromatic heterocycles. The van der Waals surface area contributed by atoms with Crippen molar-refractivity contribution in [2.24, 2.45) is 0 Å². The number of nitrogens with zero attached hydrogens (tertiary/aromatic N) is 2. The molecule has 0 bridgehead atoms. The summed E-state index contributed by atoms with van der Waals surface area (Å²) in [5.41, 5.74) is 0. The summed E-state index contributed by atoms with van der Waals surface area (Å²) in [5, 5.41) is 13.8. The first-order valence-corrected chi connectivity index (χ1v) is 8.22. The molecule has 0 radical (unpaired) electrons. The summed E-state index contributed by atoms with van der Waals surface area (Å²) in [6.45, 7) is 10.6. The summed E-state index contributed by atoms with van der Waals surface area (Å²) >= 11 is 6.89. The van der Waals surface area contributed by atoms with E-state index < -0.39 is 12.2 Å². The van der Waals surface area contributed by atoms with E-state index >= 15 is 0 Å². The Morgan fingerprint density at radius 2 is 2.20 bits per heavy atom. The zero-order chi connectivity index (χ0) is 15.5. The van der Waals surface area contributed by atoms with Crippen LogP contribution in [0, 0.1) is 0 Å². The molecule has 1 fully saturated rings. The predicted octanol–water partition coefficient (Wildman–Crippen LogP) is 3.03. The summed E-state index contributed by atoms with van der Waals surface area (Å²) in [6.07, 6.45) is 1.44. The van der Waals surface area contributed by atoms with Gasteiger partial charge in [0.25, 0.3) is 0 Å². The second-order valence-electron chi connectivity index (χ2n) is 5.78. The minimum absolute atomic E-state index is 0.125. The minimum Gasteiger partial charge on any atom is -0.336 e. The number of hydroxylamine groups is 2. The van der Waals surface area contributed by atoms with Crippen LogP contribution in [0.4, 0.5) is 4.79 Å². The minimum atomic E-state index is -0.465. The maximum absolute atomic E-state index is 12.1. The first-order chi connectivity index (χ1) is 9.22. The third kappa shape index (κ3) is 3.77. The predicted molar refractivity (Wildman–Crippen MR) is 87.0 cm³/mol. The van der Waals surface area contributed by atoms with Gasteiger partial charge in [-0.25, -0.2) is 4.79 Å². The van der Waals surface area contributed by atoms with E-state index in [9.17, 15) is 10.0 Å². The van der Waals surface area contributed by atoms with E-state index in [4.69, 9.17) is 12.2 Å². The number of urea groups is 1. The fourth-order valence-electron chi connectivity index (χ4n) is 2.23. The molecule has 0 saturated carbocycles. The molecule has 1 heterocycles. The molecule has 1 atom stereocenters. The topological polar surface area (TPSA) is 55.8 Å². The second-order valence-corrected chi connectivity index (χ2v) is 8.06. The van der Waals surface area contributed by atoms with Gasteiger partial charge in [-0.1, -0.05) is 37.3 Å². The molecule has 1 aliphatic heterocycles. The maximum Gasteiger partial charge on any atom is 0.343 e. The summed E-state index contributed by atoms with van der Waals surface area (Å²) in [6, 6.07) is -0.340. The first-order valence-electron chi connectivity index (χ1n) is 6.99. The van der Waals surface area contributed by atoms with Gasteiger partial charge in [-0.05, 0) is 34.1 Å². The van der Waals surface area contributed by atoms with E-state index in [0.717, 1.165) is 22.2 Å². The zero-order valence-electron chi connectivity index (χ0n) is 12.8. The largest absolute Gasteiger partial charge is 0.343 e. The van der Waals surface area contributed by atoms with Crippen molar-refractivity contribution >= 4 is 34.3 Å². The van der Waals surface area contributed by atoms with Gasteiger partial charge < -0.3 is 10.2 Å². The Morgan fingerprint density at radius 3 is 2.70 bits per heavy atom. The van der Waals surface area contributed by atoms with Crippen molar-refractivity contribution in [3.05, 3.63) is 0 Å². The quantitative estimate of drug-likeness (QED) is 0.353. The Labute approximate surface area is 131 Å². The van der Waals surface area contributed by atoms with Gasteiger partial charge in [0.1, 0.15) is 10.5 Å². The van der Waals surface area contributed by atoms with Crippen LogP contribution in [-0.2, 0) is 0 Å². The Kier molecular flexibility index (Phi) is 6.09. The SMILES string of the molecule is CCCCNC(=O)N(O)[C@H]1N(C(C)C)C(=S)SC1(C)C. The Morgan fingerprint density at radius 1 is 1.60 bits per heavy atom. The van der Waals surface area contributed by atoms with E-state index in [2.05, 4.69) is 12.2 Å². The molecule has 20 heavy (non-hydrogen) atoms. The van der Waals surface area contributed by atoms with Crippen LogP contribution in [0.25, 0.3) is 0 Å². The molecule has 2 N–H and O–H groups in total. The summed E-state index contributed by atoms with van der Waals surface area (Å²) in [7, 11) is 0. The monoisotopic (exact) mass is 319 g/mol. The maximum atomic E-state index is 12.1. The molecule has 7 heteroatoms. The lowest BCUT2D eigenvalue weighted by Crippen LogP contribution is -2.58. The van der Waals surface area contributed by atoms with Crippen molar-refractivity contribution in [3.63, 3.8) is 0 Å². The number of rotatable bonds is 5. The third-order valence-corrected chi connectivity index (χ3v) is 4.83. The zero-order valence-corrected chi connectivity index (χ0v) is 14.5. The number of carbonyl (C=O) groups excluding carboxylic acids is 1. The van der Waals surface area contributed by atoms with Gasteiger partial charge in [0, 0.05) is 12.6 Å². The van der Waals surface area contributed by atoms with Crippen LogP contribution in [0.2, 0.25) is 0 Å². The highest BCUT2D eigenvalue weighted by Gasteiger charge is 2.50. The van der Waals surface area contributed by atoms with Gasteiger partial charge in [-0.3, -0.25) is 5.21 Å². The van der Waals surface area contributed by atoms with E-state index in [1.165, 1.54) is 11.8 Å². The van der Waals surface area contributed by atoms with Gasteiger partial charge in [0.15, 0.2) is 0 Å². The van der Waals surface area contributed by atoms with Crippen molar-refractivity contribution in [3.8, 4) is 0 Å². The third-order valence-electron chi connectivity index (χ3n) is 3.25. The number of hydrogen-bond donors (Lipinski definition) is 2. The molecular formula is C13H25N3O2S2. The molecule has 0 aromatic carbocycles. The van der Waals surface area contributed by atoms with Crippen molar-refractivity contribution in [2.75, 3.05) is 6.54 Å². The molecule has 1 aliphatic rings. The van der Waals surface area contributed by atoms with Crippen LogP contribution in [0.1, 0.15) is 47.5 Å². The van der Waals surface area contributed by atoms with Gasteiger partial charge in [0.2, 0.25) is 0 Å². The molecule has 0 spiro atoms. The molecular weight excluding hydrogens is 294 g/mol. The van der Waals surface area contributed by atoms with Crippen LogP contribution in [0.15, 0.2) is 0 Å². The molecule has 5 nitrogen and oxygen atoms in total. The molecule has 116 valence electrons. The fourth-order valence-corrected chi connectivity index (χ4v) is 4.37. The van der Waals surface area contributed by atoms with Crippen molar-refractivity contribution in [1.82, 2.24) is 15.3 Å². The molecule has 0 unspecified atom stereocenters. The number of unbranched alkanes of at least 4 members (excludes halogenated alkanes) is 1. The highest BCUT2D eigenvalue weighted by atomic mass is 32.2. The summed E-state index contributed by atoms with van der Waals surface area (Å²) in [4.78, 5) is 14.0. The van der Waals surface area contributed by atoms with E-state index in [1.54, 1.807) is 0 Å². The van der Waals surface area contributed by atoms with E-state index in [0.29, 0.717) is 6.54 Å². The molecule has 2 amide bonds. The normalized spacial score (nSPS) is 21.4. The number of hydrogen-bond acceptors (Lipinski definition) is 4. The summed E-state index contributed by atoms with van der Waals surface area (Å²) in [5.74, 6) is 0. The van der Waals surface area contributed by atoms with Gasteiger partial charge in [-0.2, -0.15) is 5.06 Å². The molecule has 1 saturated heterocycles. The number of nitrogens with one attached hydrogen (secondary N) is 1. The average molecular weight is 319 g/mol. The van der Waals surface area contributed by atoms with Gasteiger partial charge in [0.05, 0.1) is 4.75 Å². The van der Waals surface area contributed by atoms with Crippen molar-refractivity contribution in [2.45, 2.75) is 64.4 Å². The average Bonchev–Trinajstić information content (AvgIpc) is 2.57. The smallest absolute Gasteiger partial charge is 0.336 e. The van der Waals surface area contributed by atoms with Crippen LogP contribution in [0.5, 0.6) is 0 Å². The van der Waals surface area contributed by atoms with E-state index in [-0.39, 0.29) is 10.8 Å². The number of thioether (sulfide) groups is 1. The van der Waals surface area contributed by atoms with Crippen molar-refractivity contribution in [1.29, 1.82) is 0 Å². The molecule has 1 rings (SSSR count). The number of carbonyl (C=O) groups is 1. The lowest BCUT2D eigenvalue weighted by atomic mass is 10.1. The first kappa shape index (κ1) is 17.5. The van der Waals surface area contributed by atoms with Gasteiger partial charge in [-0.15, -0.1) is 0 Å². The fraction of sp³-hybridized carbons (Fsp3) is 0.846. The second kappa shape index (κ2) is 6.95. The number of thiocarbonyl (C=S) groups is 1. The highest BCUT2D eigenvalue weighted by molar-refractivity contribution is 8.24. The standard InChI is InChI=1S/C13H25N3O2S2/c1-6-7-8-14-11(17)16(18)10-13(4,5)20-12(19)15(10)9(2)3/h9-10,18H,6-8H2,1-5H3,(H,14,17)/t10-/m1/s1. The molecule has 0 aliphatic carbocycles. The van der Waals surface area contributed by atoms with Crippen LogP contribution >= 0.6 is 24.0 Å². The van der Waals surface area contributed by atoms with Crippen LogP contribution in [0.3, 0.4) is 0 Å².